The van der Waals surface area contributed by atoms with Gasteiger partial charge in [-0.1, -0.05) is 0 Å². The van der Waals surface area contributed by atoms with Crippen molar-refractivity contribution in [1.29, 1.82) is 0 Å². The van der Waals surface area contributed by atoms with E-state index in [2.05, 4.69) is 15.6 Å². The fraction of sp³-hybridized carbons (Fsp3) is 0.444. The van der Waals surface area contributed by atoms with Gasteiger partial charge >= 0.3 is 12.3 Å². The third-order valence-electron chi connectivity index (χ3n) is 1.86. The molecule has 1 aromatic rings. The average Bonchev–Trinajstić information content (AvgIpc) is 2.26. The summed E-state index contributed by atoms with van der Waals surface area (Å²) in [6.45, 7) is -1.11. The first-order valence-electron chi connectivity index (χ1n) is 4.49. The summed E-state index contributed by atoms with van der Waals surface area (Å²) in [6, 6.07) is 2.87. The van der Waals surface area contributed by atoms with Gasteiger partial charge in [-0.25, -0.2) is 13.8 Å². The number of hydrogen-bond donors (Lipinski definition) is 2. The van der Waals surface area contributed by atoms with Gasteiger partial charge in [-0.3, -0.25) is 0 Å². The number of nitrogens with one attached hydrogen (secondary N) is 2. The van der Waals surface area contributed by atoms with E-state index in [1.54, 1.807) is 7.05 Å². The van der Waals surface area contributed by atoms with Gasteiger partial charge in [0.15, 0.2) is 0 Å². The first-order chi connectivity index (χ1) is 7.45. The van der Waals surface area contributed by atoms with Crippen LogP contribution in [-0.4, -0.2) is 30.9 Å². The van der Waals surface area contributed by atoms with Crippen molar-refractivity contribution in [2.24, 2.45) is 0 Å². The monoisotopic (exact) mass is 237 g/mol. The Morgan fingerprint density at radius 2 is 2.12 bits per heavy atom. The van der Waals surface area contributed by atoms with Crippen molar-refractivity contribution >= 4 is 11.5 Å². The molecule has 7 heteroatoms. The standard InChI is InChI=1S/C9H11F4N3/c1-14-7-4-6(2-3-15-7)16-5-9(12,13)8(10)11/h2-4,8H,5H2,1H3,(H2,14,15,16). The maximum atomic E-state index is 12.6. The Bertz CT molecular complexity index is 343. The van der Waals surface area contributed by atoms with Gasteiger partial charge in [0, 0.05) is 25.0 Å². The summed E-state index contributed by atoms with van der Waals surface area (Å²) < 4.78 is 48.8. The molecule has 0 aliphatic heterocycles. The largest absolute Gasteiger partial charge is 0.379 e. The first kappa shape index (κ1) is 12.5. The van der Waals surface area contributed by atoms with E-state index < -0.39 is 18.9 Å². The van der Waals surface area contributed by atoms with Crippen molar-refractivity contribution < 1.29 is 17.6 Å². The van der Waals surface area contributed by atoms with Crippen LogP contribution in [0.3, 0.4) is 0 Å². The van der Waals surface area contributed by atoms with Crippen molar-refractivity contribution in [3.63, 3.8) is 0 Å². The zero-order valence-electron chi connectivity index (χ0n) is 8.48. The molecule has 0 fully saturated rings. The SMILES string of the molecule is CNc1cc(NCC(F)(F)C(F)F)ccn1. The molecule has 0 spiro atoms. The molecule has 3 nitrogen and oxygen atoms in total. The molecule has 1 aromatic heterocycles. The second-order valence-electron chi connectivity index (χ2n) is 3.10. The second kappa shape index (κ2) is 5.00. The third-order valence-corrected chi connectivity index (χ3v) is 1.86. The van der Waals surface area contributed by atoms with E-state index in [4.69, 9.17) is 0 Å². The van der Waals surface area contributed by atoms with Crippen molar-refractivity contribution in [2.45, 2.75) is 12.3 Å². The average molecular weight is 237 g/mol. The lowest BCUT2D eigenvalue weighted by Gasteiger charge is -2.16. The highest BCUT2D eigenvalue weighted by Crippen LogP contribution is 2.23. The molecular weight excluding hydrogens is 226 g/mol. The van der Waals surface area contributed by atoms with E-state index in [1.165, 1.54) is 18.3 Å². The zero-order valence-corrected chi connectivity index (χ0v) is 8.48. The molecule has 1 heterocycles. The van der Waals surface area contributed by atoms with Gasteiger partial charge < -0.3 is 10.6 Å². The number of aromatic nitrogens is 1. The lowest BCUT2D eigenvalue weighted by molar-refractivity contribution is -0.117. The van der Waals surface area contributed by atoms with Crippen LogP contribution < -0.4 is 10.6 Å². The zero-order chi connectivity index (χ0) is 12.2. The van der Waals surface area contributed by atoms with Crippen molar-refractivity contribution in [1.82, 2.24) is 4.98 Å². The molecule has 0 aromatic carbocycles. The Labute approximate surface area is 89.9 Å². The van der Waals surface area contributed by atoms with Gasteiger partial charge in [0.05, 0.1) is 6.54 Å². The summed E-state index contributed by atoms with van der Waals surface area (Å²) in [7, 11) is 1.61. The molecule has 0 saturated heterocycles. The molecule has 0 aliphatic rings. The summed E-state index contributed by atoms with van der Waals surface area (Å²) in [5.74, 6) is -3.58. The lowest BCUT2D eigenvalue weighted by Crippen LogP contribution is -2.34. The topological polar surface area (TPSA) is 37.0 Å². The van der Waals surface area contributed by atoms with E-state index in [1.807, 2.05) is 0 Å². The number of nitrogens with zero attached hydrogens (tertiary/aromatic N) is 1. The summed E-state index contributed by atoms with van der Waals surface area (Å²) in [6.07, 6.45) is -2.29. The van der Waals surface area contributed by atoms with E-state index >= 15 is 0 Å². The molecule has 16 heavy (non-hydrogen) atoms. The van der Waals surface area contributed by atoms with Crippen LogP contribution in [0.25, 0.3) is 0 Å². The van der Waals surface area contributed by atoms with Gasteiger partial charge in [-0.05, 0) is 6.07 Å². The van der Waals surface area contributed by atoms with Gasteiger partial charge in [-0.15, -0.1) is 0 Å². The Morgan fingerprint density at radius 3 is 2.69 bits per heavy atom. The summed E-state index contributed by atoms with van der Waals surface area (Å²) in [4.78, 5) is 3.85. The second-order valence-corrected chi connectivity index (χ2v) is 3.10. The molecular formula is C9H11F4N3. The fourth-order valence-corrected chi connectivity index (χ4v) is 0.974. The fourth-order valence-electron chi connectivity index (χ4n) is 0.974. The molecule has 0 atom stereocenters. The third kappa shape index (κ3) is 3.25. The van der Waals surface area contributed by atoms with Gasteiger partial charge in [0.1, 0.15) is 5.82 Å². The number of hydrogen-bond acceptors (Lipinski definition) is 3. The maximum Gasteiger partial charge on any atom is 0.324 e. The van der Waals surface area contributed by atoms with E-state index in [-0.39, 0.29) is 0 Å². The highest BCUT2D eigenvalue weighted by atomic mass is 19.3. The number of alkyl halides is 4. The van der Waals surface area contributed by atoms with Crippen LogP contribution in [0, 0.1) is 0 Å². The smallest absolute Gasteiger partial charge is 0.324 e. The molecule has 0 aliphatic carbocycles. The van der Waals surface area contributed by atoms with Crippen LogP contribution in [0.4, 0.5) is 29.1 Å². The quantitative estimate of drug-likeness (QED) is 0.772. The van der Waals surface area contributed by atoms with E-state index in [0.717, 1.165) is 0 Å². The molecule has 0 bridgehead atoms. The van der Waals surface area contributed by atoms with Gasteiger partial charge in [-0.2, -0.15) is 8.78 Å². The first-order valence-corrected chi connectivity index (χ1v) is 4.49. The molecule has 2 N–H and O–H groups in total. The highest BCUT2D eigenvalue weighted by molar-refractivity contribution is 5.51. The summed E-state index contributed by atoms with van der Waals surface area (Å²) >= 11 is 0. The minimum Gasteiger partial charge on any atom is -0.379 e. The van der Waals surface area contributed by atoms with Gasteiger partial charge in [0.2, 0.25) is 0 Å². The molecule has 90 valence electrons. The Hall–Kier alpha value is -1.53. The molecule has 0 saturated carbocycles. The number of rotatable bonds is 5. The number of pyridine rings is 1. The summed E-state index contributed by atoms with van der Waals surface area (Å²) in [5, 5.41) is 4.93. The molecule has 0 unspecified atom stereocenters. The van der Waals surface area contributed by atoms with Crippen LogP contribution in [0.5, 0.6) is 0 Å². The van der Waals surface area contributed by atoms with Crippen LogP contribution in [-0.2, 0) is 0 Å². The minimum atomic E-state index is -4.04. The number of anilines is 2. The van der Waals surface area contributed by atoms with Gasteiger partial charge in [0.25, 0.3) is 0 Å². The van der Waals surface area contributed by atoms with Crippen molar-refractivity contribution in [2.75, 3.05) is 24.2 Å². The maximum absolute atomic E-state index is 12.6. The minimum absolute atomic E-state index is 0.305. The Kier molecular flexibility index (Phi) is 3.92. The van der Waals surface area contributed by atoms with Crippen LogP contribution in [0.15, 0.2) is 18.3 Å². The van der Waals surface area contributed by atoms with Crippen molar-refractivity contribution in [3.8, 4) is 0 Å². The lowest BCUT2D eigenvalue weighted by atomic mass is 10.3. The Morgan fingerprint density at radius 1 is 1.44 bits per heavy atom. The van der Waals surface area contributed by atoms with Crippen LogP contribution in [0.2, 0.25) is 0 Å². The van der Waals surface area contributed by atoms with Crippen molar-refractivity contribution in [3.05, 3.63) is 18.3 Å². The van der Waals surface area contributed by atoms with E-state index in [9.17, 15) is 17.6 Å². The molecule has 0 radical (unpaired) electrons. The summed E-state index contributed by atoms with van der Waals surface area (Å²) in [5.41, 5.74) is 0.305. The molecule has 1 rings (SSSR count). The van der Waals surface area contributed by atoms with E-state index in [0.29, 0.717) is 11.5 Å². The van der Waals surface area contributed by atoms with Crippen LogP contribution >= 0.6 is 0 Å². The Balaban J connectivity index is 2.60. The normalized spacial score (nSPS) is 11.6. The highest BCUT2D eigenvalue weighted by Gasteiger charge is 2.40. The molecule has 0 amide bonds. The number of halogens is 4. The van der Waals surface area contributed by atoms with Crippen LogP contribution in [0.1, 0.15) is 0 Å². The predicted molar refractivity (Wildman–Crippen MR) is 53.2 cm³/mol. The predicted octanol–water partition coefficient (Wildman–Crippen LogP) is 2.44.